The third kappa shape index (κ3) is 8.86. The van der Waals surface area contributed by atoms with E-state index in [4.69, 9.17) is 13.4 Å². The molecule has 4 saturated carbocycles. The zero-order valence-electron chi connectivity index (χ0n) is 34.9. The summed E-state index contributed by atoms with van der Waals surface area (Å²) < 4.78 is 20.1. The van der Waals surface area contributed by atoms with Crippen LogP contribution < -0.4 is 0 Å². The van der Waals surface area contributed by atoms with E-state index in [1.165, 1.54) is 37.7 Å². The summed E-state index contributed by atoms with van der Waals surface area (Å²) in [6.45, 7) is 31.1. The van der Waals surface area contributed by atoms with Crippen molar-refractivity contribution in [1.82, 2.24) is 4.90 Å². The topological polar surface area (TPSA) is 48.0 Å². The number of amides is 1. The van der Waals surface area contributed by atoms with Crippen LogP contribution in [0, 0.1) is 28.1 Å². The maximum Gasteiger partial charge on any atom is 0.231 e. The molecule has 4 rings (SSSR count). The van der Waals surface area contributed by atoms with Crippen LogP contribution in [0.15, 0.2) is 35.5 Å². The van der Waals surface area contributed by atoms with Crippen molar-refractivity contribution in [2.75, 3.05) is 14.1 Å². The predicted octanol–water partition coefficient (Wildman–Crippen LogP) is 11.6. The zero-order valence-corrected chi connectivity index (χ0v) is 38.1. The standard InChI is InChI=1S/C42H76NO4PSi2/c1-38(2,3)49(12,13)46-32-27-30(28-33(29-32)47-50(14,15)39(4,5)6)18-19-31-17-16-23-41(9)34(31)20-21-35(41)40(7,8)24-22-36(45-48)42(25-26-42)37(44)43(10)11/h18-19,22,24,32-36H,16-17,20-21,23,25-29,48H2,1-15H3/t32?,33?,34?,35?,36?,41-/m0/s1. The van der Waals surface area contributed by atoms with Gasteiger partial charge in [0.05, 0.1) is 23.7 Å². The highest BCUT2D eigenvalue weighted by Gasteiger charge is 2.57. The molecule has 0 spiro atoms. The molecule has 4 fully saturated rings. The van der Waals surface area contributed by atoms with E-state index < -0.39 is 22.0 Å². The van der Waals surface area contributed by atoms with Gasteiger partial charge >= 0.3 is 0 Å². The van der Waals surface area contributed by atoms with Gasteiger partial charge < -0.3 is 18.3 Å². The second-order valence-corrected chi connectivity index (χ2v) is 30.6. The van der Waals surface area contributed by atoms with Crippen molar-refractivity contribution < 1.29 is 18.2 Å². The number of carbonyl (C=O) groups excluding carboxylic acids is 1. The summed E-state index contributed by atoms with van der Waals surface area (Å²) >= 11 is 0. The van der Waals surface area contributed by atoms with Gasteiger partial charge in [-0.25, -0.2) is 0 Å². The van der Waals surface area contributed by atoms with E-state index in [1.54, 1.807) is 10.5 Å². The highest BCUT2D eigenvalue weighted by molar-refractivity contribution is 7.09. The molecule has 286 valence electrons. The van der Waals surface area contributed by atoms with Gasteiger partial charge in [-0.2, -0.15) is 0 Å². The molecular formula is C42H76NO4PSi2. The SMILES string of the molecule is CN(C)C(=O)C1(C(C=CC(C)(C)C2CCC3C(=CC=C4CC(O[Si](C)(C)C(C)(C)C)CC(O[Si](C)(C)C(C)(C)C)C4)CCC[C@@]32C)OP)CC1. The predicted molar refractivity (Wildman–Crippen MR) is 220 cm³/mol. The van der Waals surface area contributed by atoms with Crippen molar-refractivity contribution in [3.8, 4) is 0 Å². The van der Waals surface area contributed by atoms with Crippen LogP contribution >= 0.6 is 9.47 Å². The number of fused-ring (bicyclic) bond motifs is 1. The number of nitrogens with zero attached hydrogens (tertiary/aromatic N) is 1. The van der Waals surface area contributed by atoms with Gasteiger partial charge in [-0.15, -0.1) is 0 Å². The monoisotopic (exact) mass is 746 g/mol. The van der Waals surface area contributed by atoms with Gasteiger partial charge in [-0.05, 0) is 123 Å². The first kappa shape index (κ1) is 42.2. The van der Waals surface area contributed by atoms with Crippen LogP contribution in [0.1, 0.15) is 127 Å². The number of allylic oxidation sites excluding steroid dienone is 4. The van der Waals surface area contributed by atoms with Gasteiger partial charge in [0, 0.05) is 23.6 Å². The lowest BCUT2D eigenvalue weighted by Crippen LogP contribution is -2.48. The Balaban J connectivity index is 1.56. The molecule has 4 aliphatic rings. The fraction of sp³-hybridized carbons (Fsp3) is 0.833. The average molecular weight is 746 g/mol. The second-order valence-electron chi connectivity index (χ2n) is 20.8. The van der Waals surface area contributed by atoms with Gasteiger partial charge in [-0.3, -0.25) is 4.79 Å². The molecule has 0 aromatic heterocycles. The molecule has 5 nitrogen and oxygen atoms in total. The van der Waals surface area contributed by atoms with Crippen LogP contribution in [0.4, 0.5) is 0 Å². The molecule has 0 N–H and O–H groups in total. The maximum absolute atomic E-state index is 13.1. The van der Waals surface area contributed by atoms with Crippen LogP contribution in [-0.4, -0.2) is 59.8 Å². The average Bonchev–Trinajstić information content (AvgIpc) is 3.68. The van der Waals surface area contributed by atoms with Gasteiger partial charge in [0.2, 0.25) is 5.91 Å². The fourth-order valence-electron chi connectivity index (χ4n) is 9.33. The Morgan fingerprint density at radius 2 is 1.42 bits per heavy atom. The lowest BCUT2D eigenvalue weighted by molar-refractivity contribution is -0.136. The Kier molecular flexibility index (Phi) is 12.6. The summed E-state index contributed by atoms with van der Waals surface area (Å²) in [5, 5.41) is 0.375. The smallest absolute Gasteiger partial charge is 0.231 e. The first-order chi connectivity index (χ1) is 22.8. The number of hydrogen-bond donors (Lipinski definition) is 0. The summed E-state index contributed by atoms with van der Waals surface area (Å²) in [7, 11) is 2.34. The van der Waals surface area contributed by atoms with Crippen LogP contribution in [-0.2, 0) is 18.2 Å². The van der Waals surface area contributed by atoms with Gasteiger partial charge in [0.15, 0.2) is 16.6 Å². The van der Waals surface area contributed by atoms with Crippen molar-refractivity contribution in [3.05, 3.63) is 35.5 Å². The molecule has 0 aromatic rings. The molecule has 0 saturated heterocycles. The van der Waals surface area contributed by atoms with E-state index >= 15 is 0 Å². The Labute approximate surface area is 312 Å². The number of hydrogen-bond acceptors (Lipinski definition) is 4. The maximum atomic E-state index is 13.1. The fourth-order valence-corrected chi connectivity index (χ4v) is 12.4. The minimum absolute atomic E-state index is 0.00902. The molecule has 0 aromatic carbocycles. The van der Waals surface area contributed by atoms with E-state index in [0.29, 0.717) is 11.8 Å². The molecule has 0 heterocycles. The van der Waals surface area contributed by atoms with E-state index in [1.807, 2.05) is 14.1 Å². The van der Waals surface area contributed by atoms with E-state index in [-0.39, 0.29) is 45.1 Å². The molecular weight excluding hydrogens is 670 g/mol. The summed E-state index contributed by atoms with van der Waals surface area (Å²) in [6.07, 6.45) is 21.0. The molecule has 0 bridgehead atoms. The van der Waals surface area contributed by atoms with E-state index in [0.717, 1.165) is 32.1 Å². The van der Waals surface area contributed by atoms with Crippen molar-refractivity contribution in [2.45, 2.75) is 181 Å². The van der Waals surface area contributed by atoms with E-state index in [2.05, 4.69) is 122 Å². The molecule has 6 unspecified atom stereocenters. The molecule has 7 atom stereocenters. The molecule has 1 amide bonds. The van der Waals surface area contributed by atoms with Crippen molar-refractivity contribution in [2.24, 2.45) is 28.1 Å². The Morgan fingerprint density at radius 1 is 0.880 bits per heavy atom. The number of carbonyl (C=O) groups is 1. The highest BCUT2D eigenvalue weighted by Crippen LogP contribution is 2.62. The van der Waals surface area contributed by atoms with Gasteiger partial charge in [-0.1, -0.05) is 97.8 Å². The van der Waals surface area contributed by atoms with Crippen LogP contribution in [0.5, 0.6) is 0 Å². The zero-order chi connectivity index (χ0) is 37.7. The van der Waals surface area contributed by atoms with Crippen LogP contribution in [0.25, 0.3) is 0 Å². The first-order valence-electron chi connectivity index (χ1n) is 19.8. The largest absolute Gasteiger partial charge is 0.414 e. The second kappa shape index (κ2) is 14.9. The highest BCUT2D eigenvalue weighted by atomic mass is 31.0. The first-order valence-corrected chi connectivity index (χ1v) is 26.1. The summed E-state index contributed by atoms with van der Waals surface area (Å²) in [4.78, 5) is 14.8. The summed E-state index contributed by atoms with van der Waals surface area (Å²) in [6, 6.07) is 0. The quantitative estimate of drug-likeness (QED) is 0.120. The lowest BCUT2D eigenvalue weighted by atomic mass is 9.57. The van der Waals surface area contributed by atoms with Crippen molar-refractivity contribution >= 4 is 32.0 Å². The van der Waals surface area contributed by atoms with E-state index in [9.17, 15) is 4.79 Å². The summed E-state index contributed by atoms with van der Waals surface area (Å²) in [5.41, 5.74) is 3.03. The van der Waals surface area contributed by atoms with Crippen LogP contribution in [0.3, 0.4) is 0 Å². The third-order valence-electron chi connectivity index (χ3n) is 14.4. The Hall–Kier alpha value is -0.566. The Morgan fingerprint density at radius 3 is 1.88 bits per heavy atom. The lowest BCUT2D eigenvalue weighted by Gasteiger charge is -2.47. The van der Waals surface area contributed by atoms with Gasteiger partial charge in [0.25, 0.3) is 0 Å². The number of rotatable bonds is 11. The molecule has 4 aliphatic carbocycles. The Bertz CT molecular complexity index is 1280. The molecule has 0 aliphatic heterocycles. The van der Waals surface area contributed by atoms with Gasteiger partial charge in [0.1, 0.15) is 0 Å². The van der Waals surface area contributed by atoms with Crippen LogP contribution in [0.2, 0.25) is 36.3 Å². The third-order valence-corrected chi connectivity index (χ3v) is 23.8. The molecule has 0 radical (unpaired) electrons. The van der Waals surface area contributed by atoms with Crippen molar-refractivity contribution in [1.29, 1.82) is 0 Å². The molecule has 8 heteroatoms. The minimum atomic E-state index is -1.91. The summed E-state index contributed by atoms with van der Waals surface area (Å²) in [5.74, 6) is 1.38. The molecule has 50 heavy (non-hydrogen) atoms. The van der Waals surface area contributed by atoms with Crippen molar-refractivity contribution in [3.63, 3.8) is 0 Å². The minimum Gasteiger partial charge on any atom is -0.414 e. The normalized spacial score (nSPS) is 30.8.